The number of rotatable bonds is 5. The minimum atomic E-state index is -0.137. The zero-order valence-corrected chi connectivity index (χ0v) is 34.2. The smallest absolute Gasteiger partial charge is 0.0540 e. The average molecular weight is 746 g/mol. The minimum Gasteiger partial charge on any atom is -0.309 e. The van der Waals surface area contributed by atoms with E-state index in [1.165, 1.54) is 89.0 Å². The Kier molecular flexibility index (Phi) is 7.36. The second-order valence-corrected chi connectivity index (χ2v) is 18.1. The first-order valence-corrected chi connectivity index (χ1v) is 20.8. The largest absolute Gasteiger partial charge is 0.309 e. The third kappa shape index (κ3) is 4.77. The number of benzene rings is 8. The normalized spacial score (nSPS) is 15.5. The van der Waals surface area contributed by atoms with Gasteiger partial charge in [0.25, 0.3) is 0 Å². The van der Waals surface area contributed by atoms with Crippen LogP contribution in [0.25, 0.3) is 55.6 Å². The van der Waals surface area contributed by atoms with Gasteiger partial charge >= 0.3 is 0 Å². The summed E-state index contributed by atoms with van der Waals surface area (Å²) in [7, 11) is 0. The van der Waals surface area contributed by atoms with Gasteiger partial charge in [0.2, 0.25) is 0 Å². The quantitative estimate of drug-likeness (QED) is 0.170. The zero-order valence-electron chi connectivity index (χ0n) is 34.2. The van der Waals surface area contributed by atoms with Crippen LogP contribution in [0.1, 0.15) is 74.9 Å². The molecule has 1 nitrogen and oxygen atoms in total. The predicted octanol–water partition coefficient (Wildman–Crippen LogP) is 15.4. The SMILES string of the molecule is CC1(C)c2ccccc2-c2cc(-c3ccccc3N(c3ccc4c(c3)C(C)(C)c3ccccc3-4)c3ccccc3-c3cccc4c3-c3ccccc3C4(C)C)ccc21. The van der Waals surface area contributed by atoms with Crippen LogP contribution >= 0.6 is 0 Å². The molecule has 0 N–H and O–H groups in total. The maximum atomic E-state index is 2.54. The van der Waals surface area contributed by atoms with Crippen LogP contribution in [0.3, 0.4) is 0 Å². The van der Waals surface area contributed by atoms with Crippen LogP contribution in [0, 0.1) is 0 Å². The van der Waals surface area contributed by atoms with E-state index in [1.807, 2.05) is 0 Å². The highest BCUT2D eigenvalue weighted by Gasteiger charge is 2.39. The van der Waals surface area contributed by atoms with Crippen LogP contribution in [-0.2, 0) is 16.2 Å². The average Bonchev–Trinajstić information content (AvgIpc) is 3.74. The lowest BCUT2D eigenvalue weighted by Crippen LogP contribution is -2.17. The summed E-state index contributed by atoms with van der Waals surface area (Å²) < 4.78 is 0. The standard InChI is InChI=1S/C57H47N/c1-55(2)47-25-13-8-20-40(47)45-34-36(30-33-49(45)55)38-18-10-15-28-52(38)58(37-31-32-41-39-19-7-12-24-46(39)57(5,6)51(41)35-37)53-29-16-11-21-42(53)43-23-17-27-50-54(43)44-22-9-14-26-48(44)56(50,3)4/h7-35H,1-6H3. The van der Waals surface area contributed by atoms with E-state index in [9.17, 15) is 0 Å². The predicted molar refractivity (Wildman–Crippen MR) is 245 cm³/mol. The molecular formula is C57H47N. The molecule has 3 aliphatic rings. The molecule has 8 aromatic carbocycles. The highest BCUT2D eigenvalue weighted by molar-refractivity contribution is 6.00. The van der Waals surface area contributed by atoms with Crippen molar-refractivity contribution >= 4 is 17.1 Å². The number of anilines is 3. The topological polar surface area (TPSA) is 3.24 Å². The van der Waals surface area contributed by atoms with Crippen LogP contribution < -0.4 is 4.90 Å². The van der Waals surface area contributed by atoms with E-state index >= 15 is 0 Å². The van der Waals surface area contributed by atoms with Crippen LogP contribution in [0.4, 0.5) is 17.1 Å². The lowest BCUT2D eigenvalue weighted by atomic mass is 9.81. The molecule has 0 aromatic heterocycles. The molecule has 0 unspecified atom stereocenters. The summed E-state index contributed by atoms with van der Waals surface area (Å²) in [6.07, 6.45) is 0. The summed E-state index contributed by atoms with van der Waals surface area (Å²) in [6.45, 7) is 14.2. The summed E-state index contributed by atoms with van der Waals surface area (Å²) in [5, 5.41) is 0. The van der Waals surface area contributed by atoms with Gasteiger partial charge in [-0.3, -0.25) is 0 Å². The second-order valence-electron chi connectivity index (χ2n) is 18.1. The van der Waals surface area contributed by atoms with Crippen molar-refractivity contribution in [3.63, 3.8) is 0 Å². The number of hydrogen-bond acceptors (Lipinski definition) is 1. The molecule has 0 fully saturated rings. The molecule has 8 aromatic rings. The first-order valence-electron chi connectivity index (χ1n) is 20.8. The van der Waals surface area contributed by atoms with Crippen molar-refractivity contribution in [3.8, 4) is 55.6 Å². The van der Waals surface area contributed by atoms with Gasteiger partial charge in [0.1, 0.15) is 0 Å². The van der Waals surface area contributed by atoms with Gasteiger partial charge in [-0.05, 0) is 108 Å². The van der Waals surface area contributed by atoms with Crippen molar-refractivity contribution in [2.24, 2.45) is 0 Å². The Bertz CT molecular complexity index is 2990. The van der Waals surface area contributed by atoms with Crippen molar-refractivity contribution in [1.29, 1.82) is 0 Å². The summed E-state index contributed by atoms with van der Waals surface area (Å²) in [5.41, 5.74) is 24.4. The van der Waals surface area contributed by atoms with Crippen LogP contribution in [0.5, 0.6) is 0 Å². The molecule has 0 amide bonds. The molecule has 1 heteroatoms. The first kappa shape index (κ1) is 34.8. The lowest BCUT2D eigenvalue weighted by molar-refractivity contribution is 0.660. The Morgan fingerprint density at radius 1 is 0.293 bits per heavy atom. The molecule has 3 aliphatic carbocycles. The molecule has 0 radical (unpaired) electrons. The highest BCUT2D eigenvalue weighted by Crippen LogP contribution is 2.56. The maximum Gasteiger partial charge on any atom is 0.0540 e. The van der Waals surface area contributed by atoms with E-state index in [1.54, 1.807) is 0 Å². The molecule has 0 bridgehead atoms. The molecule has 0 aliphatic heterocycles. The number of hydrogen-bond donors (Lipinski definition) is 0. The van der Waals surface area contributed by atoms with Crippen molar-refractivity contribution in [1.82, 2.24) is 0 Å². The molecule has 11 rings (SSSR count). The Morgan fingerprint density at radius 3 is 1.43 bits per heavy atom. The number of nitrogens with zero attached hydrogens (tertiary/aromatic N) is 1. The van der Waals surface area contributed by atoms with E-state index in [4.69, 9.17) is 0 Å². The Labute approximate surface area is 343 Å². The molecule has 0 saturated carbocycles. The monoisotopic (exact) mass is 745 g/mol. The molecular weight excluding hydrogens is 699 g/mol. The van der Waals surface area contributed by atoms with E-state index in [-0.39, 0.29) is 16.2 Å². The van der Waals surface area contributed by atoms with Gasteiger partial charge in [-0.15, -0.1) is 0 Å². The van der Waals surface area contributed by atoms with Crippen LogP contribution in [-0.4, -0.2) is 0 Å². The van der Waals surface area contributed by atoms with E-state index in [0.717, 1.165) is 17.1 Å². The fourth-order valence-electron chi connectivity index (χ4n) is 10.9. The molecule has 0 spiro atoms. The fraction of sp³-hybridized carbons (Fsp3) is 0.158. The molecule has 58 heavy (non-hydrogen) atoms. The van der Waals surface area contributed by atoms with Gasteiger partial charge in [0.15, 0.2) is 0 Å². The number of fused-ring (bicyclic) bond motifs is 9. The summed E-state index contributed by atoms with van der Waals surface area (Å²) in [6, 6.07) is 66.3. The molecule has 0 atom stereocenters. The minimum absolute atomic E-state index is 0.0487. The van der Waals surface area contributed by atoms with E-state index in [0.29, 0.717) is 0 Å². The Balaban J connectivity index is 1.16. The van der Waals surface area contributed by atoms with Crippen molar-refractivity contribution in [2.75, 3.05) is 4.90 Å². The number of para-hydroxylation sites is 2. The summed E-state index contributed by atoms with van der Waals surface area (Å²) >= 11 is 0. The summed E-state index contributed by atoms with van der Waals surface area (Å²) in [5.74, 6) is 0. The Hall–Kier alpha value is -6.44. The van der Waals surface area contributed by atoms with Crippen LogP contribution in [0.15, 0.2) is 176 Å². The third-order valence-corrected chi connectivity index (χ3v) is 13.9. The first-order chi connectivity index (χ1) is 28.1. The van der Waals surface area contributed by atoms with Crippen molar-refractivity contribution < 1.29 is 0 Å². The van der Waals surface area contributed by atoms with Crippen molar-refractivity contribution in [3.05, 3.63) is 209 Å². The highest BCUT2D eigenvalue weighted by atomic mass is 15.1. The maximum absolute atomic E-state index is 2.54. The van der Waals surface area contributed by atoms with Gasteiger partial charge in [-0.2, -0.15) is 0 Å². The van der Waals surface area contributed by atoms with Gasteiger partial charge in [0, 0.05) is 33.1 Å². The van der Waals surface area contributed by atoms with E-state index < -0.39 is 0 Å². The van der Waals surface area contributed by atoms with E-state index in [2.05, 4.69) is 222 Å². The molecule has 0 heterocycles. The van der Waals surface area contributed by atoms with Gasteiger partial charge < -0.3 is 4.90 Å². The van der Waals surface area contributed by atoms with Gasteiger partial charge in [0.05, 0.1) is 11.4 Å². The second kappa shape index (κ2) is 12.3. The zero-order chi connectivity index (χ0) is 39.6. The van der Waals surface area contributed by atoms with Crippen molar-refractivity contribution in [2.45, 2.75) is 57.8 Å². The molecule has 0 saturated heterocycles. The van der Waals surface area contributed by atoms with Crippen LogP contribution in [0.2, 0.25) is 0 Å². The summed E-state index contributed by atoms with van der Waals surface area (Å²) in [4.78, 5) is 2.54. The molecule has 280 valence electrons. The van der Waals surface area contributed by atoms with Gasteiger partial charge in [-0.1, -0.05) is 187 Å². The Morgan fingerprint density at radius 2 is 0.741 bits per heavy atom. The third-order valence-electron chi connectivity index (χ3n) is 13.9. The lowest BCUT2D eigenvalue weighted by Gasteiger charge is -2.32. The van der Waals surface area contributed by atoms with Gasteiger partial charge in [-0.25, -0.2) is 0 Å². The fourth-order valence-corrected chi connectivity index (χ4v) is 10.9.